The lowest BCUT2D eigenvalue weighted by atomic mass is 10.1. The maximum Gasteiger partial charge on any atom is 0.172 e. The molecule has 1 aromatic carbocycles. The first-order valence-electron chi connectivity index (χ1n) is 3.75. The summed E-state index contributed by atoms with van der Waals surface area (Å²) in [5, 5.41) is 0. The summed E-state index contributed by atoms with van der Waals surface area (Å²) >= 11 is 5.82. The predicted molar refractivity (Wildman–Crippen MR) is 45.0 cm³/mol. The maximum atomic E-state index is 5.82. The van der Waals surface area contributed by atoms with Crippen molar-refractivity contribution >= 4 is 11.6 Å². The highest BCUT2D eigenvalue weighted by molar-refractivity contribution is 6.19. The number of aryl methyl sites for hydroxylation is 1. The van der Waals surface area contributed by atoms with Crippen LogP contribution in [0.2, 0.25) is 0 Å². The van der Waals surface area contributed by atoms with Crippen LogP contribution in [0.4, 0.5) is 0 Å². The highest BCUT2D eigenvalue weighted by atomic mass is 35.5. The molecule has 1 aliphatic heterocycles. The minimum atomic E-state index is -0.134. The second kappa shape index (κ2) is 2.74. The number of hydrogen-bond acceptors (Lipinski definition) is 1. The van der Waals surface area contributed by atoms with E-state index in [1.807, 2.05) is 18.2 Å². The van der Waals surface area contributed by atoms with Crippen molar-refractivity contribution in [2.75, 3.05) is 0 Å². The van der Waals surface area contributed by atoms with E-state index in [1.54, 1.807) is 0 Å². The van der Waals surface area contributed by atoms with Crippen LogP contribution in [0.5, 0.6) is 5.75 Å². The van der Waals surface area contributed by atoms with Crippen LogP contribution in [-0.2, 0) is 6.42 Å². The van der Waals surface area contributed by atoms with Crippen LogP contribution >= 0.6 is 11.6 Å². The summed E-state index contributed by atoms with van der Waals surface area (Å²) in [5.41, 5.74) is 1.13. The van der Waals surface area contributed by atoms with Crippen LogP contribution in [-0.4, -0.2) is 5.56 Å². The van der Waals surface area contributed by atoms with Gasteiger partial charge in [0.2, 0.25) is 0 Å². The molecule has 1 aliphatic rings. The Morgan fingerprint density at radius 1 is 1.36 bits per heavy atom. The quantitative estimate of drug-likeness (QED) is 0.541. The molecule has 0 aliphatic carbocycles. The first kappa shape index (κ1) is 6.99. The largest absolute Gasteiger partial charge is 0.474 e. The molecule has 0 radical (unpaired) electrons. The first-order valence-corrected chi connectivity index (χ1v) is 4.18. The van der Waals surface area contributed by atoms with Gasteiger partial charge in [-0.05, 0) is 18.1 Å². The number of ether oxygens (including phenoxy) is 1. The first-order chi connectivity index (χ1) is 5.36. The molecule has 0 bridgehead atoms. The second-order valence-corrected chi connectivity index (χ2v) is 3.16. The van der Waals surface area contributed by atoms with E-state index >= 15 is 0 Å². The molecule has 0 aromatic heterocycles. The van der Waals surface area contributed by atoms with Gasteiger partial charge in [0.05, 0.1) is 0 Å². The summed E-state index contributed by atoms with van der Waals surface area (Å²) < 4.78 is 5.40. The lowest BCUT2D eigenvalue weighted by Crippen LogP contribution is -2.16. The molecule has 58 valence electrons. The molecule has 1 aromatic rings. The number of benzene rings is 1. The zero-order valence-corrected chi connectivity index (χ0v) is 6.84. The van der Waals surface area contributed by atoms with Crippen LogP contribution < -0.4 is 4.74 Å². The molecule has 0 spiro atoms. The van der Waals surface area contributed by atoms with Crippen molar-refractivity contribution in [1.82, 2.24) is 0 Å². The van der Waals surface area contributed by atoms with Crippen molar-refractivity contribution in [2.24, 2.45) is 0 Å². The fourth-order valence-electron chi connectivity index (χ4n) is 1.29. The highest BCUT2D eigenvalue weighted by Crippen LogP contribution is 2.27. The molecular weight excluding hydrogens is 160 g/mol. The summed E-state index contributed by atoms with van der Waals surface area (Å²) in [5.74, 6) is 0.943. The zero-order chi connectivity index (χ0) is 7.68. The summed E-state index contributed by atoms with van der Waals surface area (Å²) in [4.78, 5) is 0. The molecule has 0 fully saturated rings. The van der Waals surface area contributed by atoms with Crippen LogP contribution in [0, 0.1) is 0 Å². The fourth-order valence-corrected chi connectivity index (χ4v) is 1.50. The Hall–Kier alpha value is -0.690. The minimum absolute atomic E-state index is 0.134. The Morgan fingerprint density at radius 3 is 3.09 bits per heavy atom. The predicted octanol–water partition coefficient (Wildman–Crippen LogP) is 2.58. The van der Waals surface area contributed by atoms with Gasteiger partial charge >= 0.3 is 0 Å². The van der Waals surface area contributed by atoms with E-state index in [4.69, 9.17) is 16.3 Å². The molecule has 1 heterocycles. The van der Waals surface area contributed by atoms with Crippen LogP contribution in [0.25, 0.3) is 0 Å². The lowest BCUT2D eigenvalue weighted by Gasteiger charge is -2.20. The Bertz CT molecular complexity index is 259. The van der Waals surface area contributed by atoms with Gasteiger partial charge in [-0.15, -0.1) is 0 Å². The second-order valence-electron chi connectivity index (χ2n) is 2.67. The number of hydrogen-bond donors (Lipinski definition) is 0. The SMILES string of the molecule is ClC1CCc2ccccc2O1. The Balaban J connectivity index is 2.34. The monoisotopic (exact) mass is 168 g/mol. The molecule has 0 N–H and O–H groups in total. The molecule has 1 unspecified atom stereocenters. The van der Waals surface area contributed by atoms with E-state index < -0.39 is 0 Å². The van der Waals surface area contributed by atoms with Gasteiger partial charge in [0.1, 0.15) is 5.75 Å². The Kier molecular flexibility index (Phi) is 1.74. The van der Waals surface area contributed by atoms with Crippen molar-refractivity contribution in [1.29, 1.82) is 0 Å². The van der Waals surface area contributed by atoms with Gasteiger partial charge in [-0.25, -0.2) is 0 Å². The van der Waals surface area contributed by atoms with Crippen LogP contribution in [0.3, 0.4) is 0 Å². The third-order valence-corrected chi connectivity index (χ3v) is 2.18. The summed E-state index contributed by atoms with van der Waals surface area (Å²) in [6.07, 6.45) is 1.95. The van der Waals surface area contributed by atoms with E-state index in [9.17, 15) is 0 Å². The van der Waals surface area contributed by atoms with E-state index in [2.05, 4.69) is 6.07 Å². The van der Waals surface area contributed by atoms with Crippen molar-refractivity contribution < 1.29 is 4.74 Å². The van der Waals surface area contributed by atoms with Crippen LogP contribution in [0.15, 0.2) is 24.3 Å². The van der Waals surface area contributed by atoms with Crippen molar-refractivity contribution in [2.45, 2.75) is 18.4 Å². The van der Waals surface area contributed by atoms with Gasteiger partial charge in [-0.3, -0.25) is 0 Å². The Morgan fingerprint density at radius 2 is 2.18 bits per heavy atom. The molecular formula is C9H9ClO. The van der Waals surface area contributed by atoms with Gasteiger partial charge in [-0.2, -0.15) is 0 Å². The summed E-state index contributed by atoms with van der Waals surface area (Å²) in [6, 6.07) is 8.03. The topological polar surface area (TPSA) is 9.23 Å². The minimum Gasteiger partial charge on any atom is -0.474 e. The van der Waals surface area contributed by atoms with Gasteiger partial charge in [0, 0.05) is 6.42 Å². The zero-order valence-electron chi connectivity index (χ0n) is 6.09. The Labute approximate surface area is 70.9 Å². The van der Waals surface area contributed by atoms with Gasteiger partial charge < -0.3 is 4.74 Å². The number of rotatable bonds is 0. The third-order valence-electron chi connectivity index (χ3n) is 1.87. The number of halogens is 1. The average Bonchev–Trinajstić information content (AvgIpc) is 2.04. The summed E-state index contributed by atoms with van der Waals surface area (Å²) in [6.45, 7) is 0. The number of para-hydroxylation sites is 1. The molecule has 11 heavy (non-hydrogen) atoms. The van der Waals surface area contributed by atoms with Crippen LogP contribution in [0.1, 0.15) is 12.0 Å². The highest BCUT2D eigenvalue weighted by Gasteiger charge is 2.15. The molecule has 2 rings (SSSR count). The van der Waals surface area contributed by atoms with E-state index in [-0.39, 0.29) is 5.56 Å². The van der Waals surface area contributed by atoms with Crippen molar-refractivity contribution in [3.05, 3.63) is 29.8 Å². The third kappa shape index (κ3) is 1.33. The number of alkyl halides is 1. The fraction of sp³-hybridized carbons (Fsp3) is 0.333. The van der Waals surface area contributed by atoms with E-state index in [0.29, 0.717) is 0 Å². The molecule has 2 heteroatoms. The van der Waals surface area contributed by atoms with Gasteiger partial charge in [-0.1, -0.05) is 29.8 Å². The lowest BCUT2D eigenvalue weighted by molar-refractivity contribution is 0.249. The summed E-state index contributed by atoms with van der Waals surface area (Å²) in [7, 11) is 0. The van der Waals surface area contributed by atoms with Crippen molar-refractivity contribution in [3.63, 3.8) is 0 Å². The smallest absolute Gasteiger partial charge is 0.172 e. The van der Waals surface area contributed by atoms with E-state index in [1.165, 1.54) is 5.56 Å². The van der Waals surface area contributed by atoms with Gasteiger partial charge in [0.15, 0.2) is 5.56 Å². The number of fused-ring (bicyclic) bond motifs is 1. The molecule has 1 atom stereocenters. The maximum absolute atomic E-state index is 5.82. The standard InChI is InChI=1S/C9H9ClO/c10-9-6-5-7-3-1-2-4-8(7)11-9/h1-4,9H,5-6H2. The van der Waals surface area contributed by atoms with E-state index in [0.717, 1.165) is 18.6 Å². The average molecular weight is 169 g/mol. The van der Waals surface area contributed by atoms with Crippen molar-refractivity contribution in [3.8, 4) is 5.75 Å². The van der Waals surface area contributed by atoms with Gasteiger partial charge in [0.25, 0.3) is 0 Å². The normalized spacial score (nSPS) is 22.1. The molecule has 1 nitrogen and oxygen atoms in total. The molecule has 0 amide bonds. The molecule has 0 saturated carbocycles. The molecule has 0 saturated heterocycles.